The van der Waals surface area contributed by atoms with E-state index in [4.69, 9.17) is 5.73 Å². The lowest BCUT2D eigenvalue weighted by atomic mass is 10.0. The number of hydrogen-bond acceptors (Lipinski definition) is 2. The van der Waals surface area contributed by atoms with Crippen LogP contribution in [0.3, 0.4) is 0 Å². The Morgan fingerprint density at radius 1 is 1.21 bits per heavy atom. The Hall–Kier alpha value is -1.48. The zero-order valence-corrected chi connectivity index (χ0v) is 11.3. The van der Waals surface area contributed by atoms with Crippen LogP contribution in [0, 0.1) is 0 Å². The first kappa shape index (κ1) is 11.4. The van der Waals surface area contributed by atoms with E-state index in [-0.39, 0.29) is 0 Å². The average Bonchev–Trinajstić information content (AvgIpc) is 3.05. The Balaban J connectivity index is 1.72. The molecule has 0 bridgehead atoms. The summed E-state index contributed by atoms with van der Waals surface area (Å²) in [6.45, 7) is 2.31. The molecule has 1 aliphatic heterocycles. The van der Waals surface area contributed by atoms with Crippen LogP contribution in [0.2, 0.25) is 0 Å². The number of nitrogen functional groups attached to an aromatic ring is 1. The van der Waals surface area contributed by atoms with Gasteiger partial charge in [0.2, 0.25) is 0 Å². The van der Waals surface area contributed by atoms with Gasteiger partial charge in [0.25, 0.3) is 0 Å². The summed E-state index contributed by atoms with van der Waals surface area (Å²) in [5.41, 5.74) is 11.0. The van der Waals surface area contributed by atoms with Gasteiger partial charge in [0.1, 0.15) is 0 Å². The van der Waals surface area contributed by atoms with Gasteiger partial charge in [-0.1, -0.05) is 12.8 Å². The Labute approximate surface area is 113 Å². The fourth-order valence-electron chi connectivity index (χ4n) is 3.83. The molecule has 1 aliphatic carbocycles. The molecule has 2 aromatic rings. The first-order valence-electron chi connectivity index (χ1n) is 7.44. The van der Waals surface area contributed by atoms with E-state index in [0.717, 1.165) is 24.7 Å². The van der Waals surface area contributed by atoms with E-state index in [2.05, 4.69) is 22.0 Å². The number of benzene rings is 1. The molecule has 3 heteroatoms. The van der Waals surface area contributed by atoms with E-state index in [1.54, 1.807) is 0 Å². The van der Waals surface area contributed by atoms with Crippen LogP contribution in [0.5, 0.6) is 0 Å². The molecule has 1 aromatic heterocycles. The fraction of sp³-hybridized carbons (Fsp3) is 0.500. The van der Waals surface area contributed by atoms with E-state index >= 15 is 0 Å². The van der Waals surface area contributed by atoms with Crippen LogP contribution in [0.4, 0.5) is 5.69 Å². The maximum absolute atomic E-state index is 5.95. The molecule has 1 fully saturated rings. The maximum atomic E-state index is 5.95. The Kier molecular flexibility index (Phi) is 2.55. The van der Waals surface area contributed by atoms with Gasteiger partial charge in [0.05, 0.1) is 0 Å². The van der Waals surface area contributed by atoms with E-state index in [9.17, 15) is 0 Å². The standard InChI is InChI=1S/C16H21N3/c17-11-5-6-15-13(9-11)14-10-19(8-7-16(14)18-15)12-3-1-2-4-12/h5-6,9,12,18H,1-4,7-8,10,17H2. The molecule has 0 atom stereocenters. The van der Waals surface area contributed by atoms with E-state index < -0.39 is 0 Å². The molecule has 100 valence electrons. The summed E-state index contributed by atoms with van der Waals surface area (Å²) in [5, 5.41) is 1.33. The molecule has 1 saturated carbocycles. The quantitative estimate of drug-likeness (QED) is 0.769. The molecule has 2 aliphatic rings. The minimum atomic E-state index is 0.819. The zero-order chi connectivity index (χ0) is 12.8. The minimum Gasteiger partial charge on any atom is -0.399 e. The predicted octanol–water partition coefficient (Wildman–Crippen LogP) is 3.05. The molecule has 3 N–H and O–H groups in total. The number of rotatable bonds is 1. The van der Waals surface area contributed by atoms with Crippen LogP contribution in [-0.2, 0) is 13.0 Å². The molecule has 0 spiro atoms. The highest BCUT2D eigenvalue weighted by molar-refractivity contribution is 5.87. The van der Waals surface area contributed by atoms with Crippen molar-refractivity contribution in [2.45, 2.75) is 44.7 Å². The predicted molar refractivity (Wildman–Crippen MR) is 79.1 cm³/mol. The lowest BCUT2D eigenvalue weighted by Gasteiger charge is -2.32. The molecule has 0 saturated heterocycles. The monoisotopic (exact) mass is 255 g/mol. The third-order valence-electron chi connectivity index (χ3n) is 4.87. The topological polar surface area (TPSA) is 45.1 Å². The summed E-state index contributed by atoms with van der Waals surface area (Å²) in [6, 6.07) is 7.05. The van der Waals surface area contributed by atoms with Crippen LogP contribution >= 0.6 is 0 Å². The van der Waals surface area contributed by atoms with Crippen molar-refractivity contribution in [1.82, 2.24) is 9.88 Å². The summed E-state index contributed by atoms with van der Waals surface area (Å²) in [4.78, 5) is 6.26. The molecule has 0 amide bonds. The second-order valence-electron chi connectivity index (χ2n) is 6.05. The van der Waals surface area contributed by atoms with Crippen LogP contribution in [0.1, 0.15) is 36.9 Å². The van der Waals surface area contributed by atoms with Crippen molar-refractivity contribution < 1.29 is 0 Å². The summed E-state index contributed by atoms with van der Waals surface area (Å²) in [6.07, 6.45) is 6.75. The maximum Gasteiger partial charge on any atom is 0.0460 e. The Morgan fingerprint density at radius 2 is 2.05 bits per heavy atom. The van der Waals surface area contributed by atoms with E-state index in [1.807, 2.05) is 6.07 Å². The second kappa shape index (κ2) is 4.27. The second-order valence-corrected chi connectivity index (χ2v) is 6.05. The SMILES string of the molecule is Nc1ccc2[nH]c3c(c2c1)CN(C1CCCC1)CC3. The van der Waals surface area contributed by atoms with Crippen LogP contribution < -0.4 is 5.73 Å². The van der Waals surface area contributed by atoms with Gasteiger partial charge in [-0.25, -0.2) is 0 Å². The molecule has 1 aromatic carbocycles. The number of aromatic nitrogens is 1. The fourth-order valence-corrected chi connectivity index (χ4v) is 3.83. The third kappa shape index (κ3) is 1.84. The smallest absolute Gasteiger partial charge is 0.0460 e. The zero-order valence-electron chi connectivity index (χ0n) is 11.3. The number of hydrogen-bond donors (Lipinski definition) is 2. The largest absolute Gasteiger partial charge is 0.399 e. The van der Waals surface area contributed by atoms with Gasteiger partial charge in [-0.05, 0) is 36.6 Å². The number of anilines is 1. The first-order valence-corrected chi connectivity index (χ1v) is 7.44. The van der Waals surface area contributed by atoms with E-state index in [1.165, 1.54) is 54.4 Å². The molecular formula is C16H21N3. The first-order chi connectivity index (χ1) is 9.31. The third-order valence-corrected chi connectivity index (χ3v) is 4.87. The van der Waals surface area contributed by atoms with Crippen molar-refractivity contribution >= 4 is 16.6 Å². The summed E-state index contributed by atoms with van der Waals surface area (Å²) >= 11 is 0. The van der Waals surface area contributed by atoms with E-state index in [0.29, 0.717) is 0 Å². The van der Waals surface area contributed by atoms with Gasteiger partial charge < -0.3 is 10.7 Å². The van der Waals surface area contributed by atoms with Crippen molar-refractivity contribution in [2.24, 2.45) is 0 Å². The number of H-pyrrole nitrogens is 1. The number of nitrogens with one attached hydrogen (secondary N) is 1. The van der Waals surface area contributed by atoms with Crippen LogP contribution in [-0.4, -0.2) is 22.5 Å². The van der Waals surface area contributed by atoms with Crippen molar-refractivity contribution in [3.63, 3.8) is 0 Å². The number of fused-ring (bicyclic) bond motifs is 3. The van der Waals surface area contributed by atoms with Gasteiger partial charge in [0, 0.05) is 47.8 Å². The van der Waals surface area contributed by atoms with Crippen molar-refractivity contribution in [3.05, 3.63) is 29.5 Å². The normalized spacial score (nSPS) is 21.1. The average molecular weight is 255 g/mol. The molecular weight excluding hydrogens is 234 g/mol. The molecule has 4 rings (SSSR count). The summed E-state index contributed by atoms with van der Waals surface area (Å²) in [5.74, 6) is 0. The summed E-state index contributed by atoms with van der Waals surface area (Å²) in [7, 11) is 0. The minimum absolute atomic E-state index is 0.819. The lowest BCUT2D eigenvalue weighted by Crippen LogP contribution is -2.37. The van der Waals surface area contributed by atoms with Gasteiger partial charge in [-0.15, -0.1) is 0 Å². The lowest BCUT2D eigenvalue weighted by molar-refractivity contribution is 0.181. The highest BCUT2D eigenvalue weighted by Crippen LogP contribution is 2.32. The number of nitrogens with zero attached hydrogens (tertiary/aromatic N) is 1. The molecule has 3 nitrogen and oxygen atoms in total. The number of aromatic amines is 1. The summed E-state index contributed by atoms with van der Waals surface area (Å²) < 4.78 is 0. The van der Waals surface area contributed by atoms with Gasteiger partial charge in [-0.3, -0.25) is 4.90 Å². The molecule has 19 heavy (non-hydrogen) atoms. The van der Waals surface area contributed by atoms with Crippen molar-refractivity contribution in [3.8, 4) is 0 Å². The molecule has 2 heterocycles. The highest BCUT2D eigenvalue weighted by Gasteiger charge is 2.27. The molecule has 0 unspecified atom stereocenters. The van der Waals surface area contributed by atoms with Crippen molar-refractivity contribution in [2.75, 3.05) is 12.3 Å². The molecule has 0 radical (unpaired) electrons. The van der Waals surface area contributed by atoms with Gasteiger partial charge >= 0.3 is 0 Å². The Morgan fingerprint density at radius 3 is 2.89 bits per heavy atom. The van der Waals surface area contributed by atoms with Gasteiger partial charge in [-0.2, -0.15) is 0 Å². The van der Waals surface area contributed by atoms with Gasteiger partial charge in [0.15, 0.2) is 0 Å². The Bertz CT molecular complexity index is 608. The van der Waals surface area contributed by atoms with Crippen LogP contribution in [0.25, 0.3) is 10.9 Å². The van der Waals surface area contributed by atoms with Crippen LogP contribution in [0.15, 0.2) is 18.2 Å². The highest BCUT2D eigenvalue weighted by atomic mass is 15.2. The van der Waals surface area contributed by atoms with Crippen molar-refractivity contribution in [1.29, 1.82) is 0 Å². The number of nitrogens with two attached hydrogens (primary N) is 1.